The standard InChI is InChI=1S/C30H21NO/c1-2-9-21(10-3-1)25-13-4-6-15-28(25)31-24-12-8-11-22(19-24)23-17-18-27-26-14-5-7-16-29(26)32-30(27)20-23/h1-20,31H. The van der Waals surface area contributed by atoms with Crippen LogP contribution in [0.15, 0.2) is 126 Å². The molecule has 32 heavy (non-hydrogen) atoms. The van der Waals surface area contributed by atoms with E-state index >= 15 is 0 Å². The molecule has 152 valence electrons. The SMILES string of the molecule is c1ccc(-c2ccccc2Nc2cccc(-c3ccc4c(c3)oc3ccccc34)c2)cc1. The van der Waals surface area contributed by atoms with Gasteiger partial charge in [-0.1, -0.05) is 84.9 Å². The van der Waals surface area contributed by atoms with Crippen molar-refractivity contribution in [1.82, 2.24) is 0 Å². The van der Waals surface area contributed by atoms with E-state index in [1.54, 1.807) is 0 Å². The average molecular weight is 412 g/mol. The second-order valence-corrected chi connectivity index (χ2v) is 7.93. The molecule has 0 unspecified atom stereocenters. The smallest absolute Gasteiger partial charge is 0.136 e. The maximum atomic E-state index is 6.09. The minimum absolute atomic E-state index is 0.913. The summed E-state index contributed by atoms with van der Waals surface area (Å²) < 4.78 is 6.09. The molecule has 0 aliphatic rings. The number of benzene rings is 5. The molecule has 5 aromatic carbocycles. The molecule has 2 heteroatoms. The van der Waals surface area contributed by atoms with Gasteiger partial charge in [0, 0.05) is 27.7 Å². The Hall–Kier alpha value is -4.30. The highest BCUT2D eigenvalue weighted by Crippen LogP contribution is 2.34. The Bertz CT molecular complexity index is 1550. The van der Waals surface area contributed by atoms with Crippen LogP contribution in [-0.4, -0.2) is 0 Å². The highest BCUT2D eigenvalue weighted by molar-refractivity contribution is 6.05. The summed E-state index contributed by atoms with van der Waals surface area (Å²) in [5, 5.41) is 5.92. The van der Waals surface area contributed by atoms with E-state index < -0.39 is 0 Å². The van der Waals surface area contributed by atoms with Crippen molar-refractivity contribution in [3.63, 3.8) is 0 Å². The highest BCUT2D eigenvalue weighted by atomic mass is 16.3. The van der Waals surface area contributed by atoms with Crippen molar-refractivity contribution < 1.29 is 4.42 Å². The molecule has 6 aromatic rings. The zero-order valence-electron chi connectivity index (χ0n) is 17.5. The van der Waals surface area contributed by atoms with Crippen LogP contribution < -0.4 is 5.32 Å². The number of hydrogen-bond acceptors (Lipinski definition) is 2. The molecule has 0 aliphatic carbocycles. The van der Waals surface area contributed by atoms with Crippen molar-refractivity contribution >= 4 is 33.3 Å². The number of fused-ring (bicyclic) bond motifs is 3. The van der Waals surface area contributed by atoms with E-state index in [1.807, 2.05) is 24.3 Å². The lowest BCUT2D eigenvalue weighted by atomic mass is 10.0. The number of furan rings is 1. The Morgan fingerprint density at radius 3 is 2.12 bits per heavy atom. The predicted octanol–water partition coefficient (Wildman–Crippen LogP) is 8.66. The second kappa shape index (κ2) is 7.75. The number of para-hydroxylation sites is 2. The van der Waals surface area contributed by atoms with Gasteiger partial charge in [0.1, 0.15) is 11.2 Å². The molecule has 0 amide bonds. The van der Waals surface area contributed by atoms with Gasteiger partial charge in [-0.3, -0.25) is 0 Å². The number of hydrogen-bond donors (Lipinski definition) is 1. The minimum Gasteiger partial charge on any atom is -0.456 e. The first-order valence-electron chi connectivity index (χ1n) is 10.8. The van der Waals surface area contributed by atoms with Gasteiger partial charge in [0.05, 0.1) is 0 Å². The quantitative estimate of drug-likeness (QED) is 0.314. The zero-order valence-corrected chi connectivity index (χ0v) is 17.5. The fraction of sp³-hybridized carbons (Fsp3) is 0. The molecule has 0 fully saturated rings. The Balaban J connectivity index is 1.36. The van der Waals surface area contributed by atoms with E-state index in [1.165, 1.54) is 11.1 Å². The van der Waals surface area contributed by atoms with Crippen molar-refractivity contribution in [2.24, 2.45) is 0 Å². The molecule has 0 saturated heterocycles. The highest BCUT2D eigenvalue weighted by Gasteiger charge is 2.09. The van der Waals surface area contributed by atoms with Gasteiger partial charge in [0.15, 0.2) is 0 Å². The maximum absolute atomic E-state index is 6.09. The third-order valence-corrected chi connectivity index (χ3v) is 5.87. The lowest BCUT2D eigenvalue weighted by Crippen LogP contribution is -1.93. The Kier molecular flexibility index (Phi) is 4.47. The van der Waals surface area contributed by atoms with Crippen LogP contribution in [0.25, 0.3) is 44.2 Å². The van der Waals surface area contributed by atoms with E-state index in [9.17, 15) is 0 Å². The maximum Gasteiger partial charge on any atom is 0.136 e. The normalized spacial score (nSPS) is 11.1. The summed E-state index contributed by atoms with van der Waals surface area (Å²) in [7, 11) is 0. The molecule has 0 aliphatic heterocycles. The second-order valence-electron chi connectivity index (χ2n) is 7.93. The fourth-order valence-corrected chi connectivity index (χ4v) is 4.30. The molecule has 0 bridgehead atoms. The largest absolute Gasteiger partial charge is 0.456 e. The molecular weight excluding hydrogens is 390 g/mol. The molecule has 1 aromatic heterocycles. The average Bonchev–Trinajstić information content (AvgIpc) is 3.23. The lowest BCUT2D eigenvalue weighted by molar-refractivity contribution is 0.669. The molecule has 0 saturated carbocycles. The first kappa shape index (κ1) is 18.5. The first-order chi connectivity index (χ1) is 15.8. The van der Waals surface area contributed by atoms with Crippen LogP contribution in [0.5, 0.6) is 0 Å². The van der Waals surface area contributed by atoms with E-state index in [0.717, 1.165) is 44.4 Å². The molecule has 6 rings (SSSR count). The predicted molar refractivity (Wildman–Crippen MR) is 134 cm³/mol. The van der Waals surface area contributed by atoms with Gasteiger partial charge >= 0.3 is 0 Å². The summed E-state index contributed by atoms with van der Waals surface area (Å²) in [4.78, 5) is 0. The van der Waals surface area contributed by atoms with Crippen molar-refractivity contribution in [3.05, 3.63) is 121 Å². The Morgan fingerprint density at radius 1 is 0.469 bits per heavy atom. The Labute approximate surface area is 186 Å². The molecule has 1 N–H and O–H groups in total. The minimum atomic E-state index is 0.913. The van der Waals surface area contributed by atoms with Gasteiger partial charge in [0.25, 0.3) is 0 Å². The van der Waals surface area contributed by atoms with Crippen LogP contribution >= 0.6 is 0 Å². The third-order valence-electron chi connectivity index (χ3n) is 5.87. The Morgan fingerprint density at radius 2 is 1.19 bits per heavy atom. The van der Waals surface area contributed by atoms with Crippen molar-refractivity contribution in [3.8, 4) is 22.3 Å². The van der Waals surface area contributed by atoms with E-state index in [-0.39, 0.29) is 0 Å². The topological polar surface area (TPSA) is 25.2 Å². The van der Waals surface area contributed by atoms with Crippen LogP contribution in [0.3, 0.4) is 0 Å². The summed E-state index contributed by atoms with van der Waals surface area (Å²) in [5.41, 5.74) is 8.64. The molecular formula is C30H21NO. The van der Waals surface area contributed by atoms with Gasteiger partial charge in [-0.2, -0.15) is 0 Å². The van der Waals surface area contributed by atoms with Gasteiger partial charge in [-0.25, -0.2) is 0 Å². The molecule has 0 atom stereocenters. The summed E-state index contributed by atoms with van der Waals surface area (Å²) in [6.45, 7) is 0. The lowest BCUT2D eigenvalue weighted by Gasteiger charge is -2.13. The molecule has 2 nitrogen and oxygen atoms in total. The van der Waals surface area contributed by atoms with Crippen molar-refractivity contribution in [2.75, 3.05) is 5.32 Å². The summed E-state index contributed by atoms with van der Waals surface area (Å²) in [6.07, 6.45) is 0. The van der Waals surface area contributed by atoms with Gasteiger partial charge in [-0.05, 0) is 53.1 Å². The summed E-state index contributed by atoms with van der Waals surface area (Å²) in [6, 6.07) is 42.0. The fourth-order valence-electron chi connectivity index (χ4n) is 4.30. The third kappa shape index (κ3) is 3.32. The van der Waals surface area contributed by atoms with E-state index in [4.69, 9.17) is 4.42 Å². The summed E-state index contributed by atoms with van der Waals surface area (Å²) >= 11 is 0. The van der Waals surface area contributed by atoms with Crippen molar-refractivity contribution in [2.45, 2.75) is 0 Å². The van der Waals surface area contributed by atoms with Crippen LogP contribution in [0, 0.1) is 0 Å². The van der Waals surface area contributed by atoms with Crippen LogP contribution in [0.4, 0.5) is 11.4 Å². The number of rotatable bonds is 4. The first-order valence-corrected chi connectivity index (χ1v) is 10.8. The summed E-state index contributed by atoms with van der Waals surface area (Å²) in [5.74, 6) is 0. The van der Waals surface area contributed by atoms with Crippen molar-refractivity contribution in [1.29, 1.82) is 0 Å². The van der Waals surface area contributed by atoms with Gasteiger partial charge in [0.2, 0.25) is 0 Å². The van der Waals surface area contributed by atoms with Gasteiger partial charge < -0.3 is 9.73 Å². The molecule has 1 heterocycles. The van der Waals surface area contributed by atoms with Gasteiger partial charge in [-0.15, -0.1) is 0 Å². The van der Waals surface area contributed by atoms with E-state index in [2.05, 4.69) is 102 Å². The van der Waals surface area contributed by atoms with Crippen LogP contribution in [0.1, 0.15) is 0 Å². The zero-order chi connectivity index (χ0) is 21.3. The number of anilines is 2. The number of nitrogens with one attached hydrogen (secondary N) is 1. The molecule has 0 spiro atoms. The van der Waals surface area contributed by atoms with Crippen LogP contribution in [-0.2, 0) is 0 Å². The van der Waals surface area contributed by atoms with Crippen LogP contribution in [0.2, 0.25) is 0 Å². The molecule has 0 radical (unpaired) electrons. The van der Waals surface area contributed by atoms with E-state index in [0.29, 0.717) is 0 Å². The monoisotopic (exact) mass is 411 g/mol.